The van der Waals surface area contributed by atoms with Gasteiger partial charge in [0, 0.05) is 11.3 Å². The molecule has 130 valence electrons. The summed E-state index contributed by atoms with van der Waals surface area (Å²) < 4.78 is 27.0. The Bertz CT molecular complexity index is 1020. The Morgan fingerprint density at radius 3 is 2.20 bits per heavy atom. The van der Waals surface area contributed by atoms with Crippen LogP contribution in [0.3, 0.4) is 0 Å². The summed E-state index contributed by atoms with van der Waals surface area (Å²) in [6.07, 6.45) is 1.13. The highest BCUT2D eigenvalue weighted by atomic mass is 32.2. The SMILES string of the molecule is Cc1cc(-c2ccc(C)c(C)c2)n(-c2ccc(NS(C)(=O)=O)cc2)n1. The summed E-state index contributed by atoms with van der Waals surface area (Å²) in [5.74, 6) is 0. The van der Waals surface area contributed by atoms with E-state index in [9.17, 15) is 8.42 Å². The molecule has 0 atom stereocenters. The number of nitrogens with one attached hydrogen (secondary N) is 1. The number of sulfonamides is 1. The van der Waals surface area contributed by atoms with Crippen molar-refractivity contribution < 1.29 is 8.42 Å². The summed E-state index contributed by atoms with van der Waals surface area (Å²) >= 11 is 0. The Balaban J connectivity index is 2.02. The minimum absolute atomic E-state index is 0.530. The maximum Gasteiger partial charge on any atom is 0.229 e. The van der Waals surface area contributed by atoms with Crippen molar-refractivity contribution >= 4 is 15.7 Å². The van der Waals surface area contributed by atoms with Gasteiger partial charge >= 0.3 is 0 Å². The van der Waals surface area contributed by atoms with Crippen molar-refractivity contribution in [3.63, 3.8) is 0 Å². The molecule has 0 aliphatic rings. The minimum atomic E-state index is -3.28. The van der Waals surface area contributed by atoms with E-state index in [1.165, 1.54) is 11.1 Å². The van der Waals surface area contributed by atoms with Gasteiger partial charge in [0.05, 0.1) is 23.3 Å². The van der Waals surface area contributed by atoms with Crippen molar-refractivity contribution in [1.29, 1.82) is 0 Å². The summed E-state index contributed by atoms with van der Waals surface area (Å²) in [7, 11) is -3.28. The van der Waals surface area contributed by atoms with Crippen LogP contribution in [0.25, 0.3) is 16.9 Å². The molecular weight excluding hydrogens is 334 g/mol. The molecule has 5 nitrogen and oxygen atoms in total. The number of rotatable bonds is 4. The first-order valence-electron chi connectivity index (χ1n) is 7.95. The summed E-state index contributed by atoms with van der Waals surface area (Å²) in [4.78, 5) is 0. The summed E-state index contributed by atoms with van der Waals surface area (Å²) in [6, 6.07) is 15.6. The average Bonchev–Trinajstić information content (AvgIpc) is 2.91. The summed E-state index contributed by atoms with van der Waals surface area (Å²) in [6.45, 7) is 6.15. The monoisotopic (exact) mass is 355 g/mol. The molecule has 3 rings (SSSR count). The highest BCUT2D eigenvalue weighted by Crippen LogP contribution is 2.26. The third-order valence-electron chi connectivity index (χ3n) is 4.05. The van der Waals surface area contributed by atoms with Crippen molar-refractivity contribution in [3.05, 3.63) is 65.4 Å². The highest BCUT2D eigenvalue weighted by Gasteiger charge is 2.11. The molecule has 0 amide bonds. The third-order valence-corrected chi connectivity index (χ3v) is 4.66. The van der Waals surface area contributed by atoms with E-state index in [-0.39, 0.29) is 0 Å². The largest absolute Gasteiger partial charge is 0.284 e. The maximum atomic E-state index is 11.3. The van der Waals surface area contributed by atoms with Crippen molar-refractivity contribution in [2.75, 3.05) is 11.0 Å². The fraction of sp³-hybridized carbons (Fsp3) is 0.211. The van der Waals surface area contributed by atoms with E-state index in [2.05, 4.69) is 41.9 Å². The number of benzene rings is 2. The van der Waals surface area contributed by atoms with Gasteiger partial charge in [0.25, 0.3) is 0 Å². The molecule has 2 aromatic carbocycles. The van der Waals surface area contributed by atoms with E-state index in [0.29, 0.717) is 5.69 Å². The Kier molecular flexibility index (Phi) is 4.39. The highest BCUT2D eigenvalue weighted by molar-refractivity contribution is 7.92. The molecule has 1 aromatic heterocycles. The lowest BCUT2D eigenvalue weighted by Gasteiger charge is -2.10. The van der Waals surface area contributed by atoms with E-state index >= 15 is 0 Å². The second-order valence-electron chi connectivity index (χ2n) is 6.30. The second kappa shape index (κ2) is 6.37. The lowest BCUT2D eigenvalue weighted by molar-refractivity contribution is 0.607. The number of nitrogens with zero attached hydrogens (tertiary/aromatic N) is 2. The number of hydrogen-bond acceptors (Lipinski definition) is 3. The molecule has 1 heterocycles. The Labute approximate surface area is 148 Å². The number of aromatic nitrogens is 2. The zero-order chi connectivity index (χ0) is 18.2. The van der Waals surface area contributed by atoms with Gasteiger partial charge in [0.2, 0.25) is 10.0 Å². The molecule has 6 heteroatoms. The quantitative estimate of drug-likeness (QED) is 0.773. The fourth-order valence-electron chi connectivity index (χ4n) is 2.69. The third kappa shape index (κ3) is 3.91. The second-order valence-corrected chi connectivity index (χ2v) is 8.05. The van der Waals surface area contributed by atoms with Gasteiger partial charge in [-0.25, -0.2) is 13.1 Å². The molecular formula is C19H21N3O2S. The van der Waals surface area contributed by atoms with Gasteiger partial charge in [-0.2, -0.15) is 5.10 Å². The van der Waals surface area contributed by atoms with E-state index in [0.717, 1.165) is 28.9 Å². The molecule has 0 aliphatic carbocycles. The van der Waals surface area contributed by atoms with E-state index < -0.39 is 10.0 Å². The van der Waals surface area contributed by atoms with Crippen molar-refractivity contribution in [3.8, 4) is 16.9 Å². The first kappa shape index (κ1) is 17.2. The minimum Gasteiger partial charge on any atom is -0.284 e. The first-order chi connectivity index (χ1) is 11.7. The van der Waals surface area contributed by atoms with Gasteiger partial charge < -0.3 is 0 Å². The van der Waals surface area contributed by atoms with Gasteiger partial charge in [-0.3, -0.25) is 4.72 Å². The van der Waals surface area contributed by atoms with Crippen LogP contribution in [-0.2, 0) is 10.0 Å². The average molecular weight is 355 g/mol. The molecule has 0 bridgehead atoms. The number of anilines is 1. The Morgan fingerprint density at radius 2 is 1.60 bits per heavy atom. The van der Waals surface area contributed by atoms with Crippen LogP contribution in [0.2, 0.25) is 0 Å². The van der Waals surface area contributed by atoms with Crippen LogP contribution < -0.4 is 4.72 Å². The van der Waals surface area contributed by atoms with Gasteiger partial charge in [-0.1, -0.05) is 12.1 Å². The Hall–Kier alpha value is -2.60. The predicted molar refractivity (Wildman–Crippen MR) is 102 cm³/mol. The molecule has 1 N–H and O–H groups in total. The molecule has 0 saturated carbocycles. The smallest absolute Gasteiger partial charge is 0.229 e. The van der Waals surface area contributed by atoms with Gasteiger partial charge in [-0.05, 0) is 68.3 Å². The lowest BCUT2D eigenvalue weighted by Crippen LogP contribution is -2.09. The van der Waals surface area contributed by atoms with Crippen molar-refractivity contribution in [2.45, 2.75) is 20.8 Å². The topological polar surface area (TPSA) is 64.0 Å². The lowest BCUT2D eigenvalue weighted by atomic mass is 10.0. The van der Waals surface area contributed by atoms with E-state index in [1.807, 2.05) is 29.8 Å². The van der Waals surface area contributed by atoms with Crippen molar-refractivity contribution in [2.24, 2.45) is 0 Å². The molecule has 0 saturated heterocycles. The van der Waals surface area contributed by atoms with E-state index in [4.69, 9.17) is 0 Å². The van der Waals surface area contributed by atoms with Crippen LogP contribution in [-0.4, -0.2) is 24.5 Å². The van der Waals surface area contributed by atoms with Crippen molar-refractivity contribution in [1.82, 2.24) is 9.78 Å². The van der Waals surface area contributed by atoms with Crippen LogP contribution in [0, 0.1) is 20.8 Å². The molecule has 0 spiro atoms. The molecule has 0 fully saturated rings. The van der Waals surface area contributed by atoms with Crippen LogP contribution in [0.5, 0.6) is 0 Å². The normalized spacial score (nSPS) is 11.5. The molecule has 0 radical (unpaired) electrons. The predicted octanol–water partition coefficient (Wildman–Crippen LogP) is 3.84. The van der Waals surface area contributed by atoms with Crippen LogP contribution in [0.1, 0.15) is 16.8 Å². The fourth-order valence-corrected chi connectivity index (χ4v) is 3.25. The number of aryl methyl sites for hydroxylation is 3. The first-order valence-corrected chi connectivity index (χ1v) is 9.84. The molecule has 0 unspecified atom stereocenters. The Morgan fingerprint density at radius 1 is 0.920 bits per heavy atom. The van der Waals surface area contributed by atoms with E-state index in [1.54, 1.807) is 12.1 Å². The zero-order valence-electron chi connectivity index (χ0n) is 14.7. The van der Waals surface area contributed by atoms with Crippen LogP contribution in [0.15, 0.2) is 48.5 Å². The van der Waals surface area contributed by atoms with Gasteiger partial charge in [0.1, 0.15) is 0 Å². The van der Waals surface area contributed by atoms with Crippen LogP contribution in [0.4, 0.5) is 5.69 Å². The van der Waals surface area contributed by atoms with Gasteiger partial charge in [-0.15, -0.1) is 0 Å². The van der Waals surface area contributed by atoms with Crippen LogP contribution >= 0.6 is 0 Å². The molecule has 25 heavy (non-hydrogen) atoms. The zero-order valence-corrected chi connectivity index (χ0v) is 15.6. The summed E-state index contributed by atoms with van der Waals surface area (Å²) in [5, 5.41) is 4.59. The van der Waals surface area contributed by atoms with Gasteiger partial charge in [0.15, 0.2) is 0 Å². The summed E-state index contributed by atoms with van der Waals surface area (Å²) in [5.41, 5.74) is 6.92. The molecule has 0 aliphatic heterocycles. The standard InChI is InChI=1S/C19H21N3O2S/c1-13-5-6-16(11-14(13)2)19-12-15(3)20-22(19)18-9-7-17(8-10-18)21-25(4,23)24/h5-12,21H,1-4H3. The molecule has 3 aromatic rings. The maximum absolute atomic E-state index is 11.3. The number of hydrogen-bond donors (Lipinski definition) is 1.